The summed E-state index contributed by atoms with van der Waals surface area (Å²) in [5.74, 6) is 1.70. The summed E-state index contributed by atoms with van der Waals surface area (Å²) in [5, 5.41) is 8.44. The third-order valence-corrected chi connectivity index (χ3v) is 7.97. The Morgan fingerprint density at radius 3 is 2.79 bits per heavy atom. The molecule has 0 unspecified atom stereocenters. The smallest absolute Gasteiger partial charge is 0.254 e. The maximum atomic E-state index is 13.9. The van der Waals surface area contributed by atoms with Gasteiger partial charge in [-0.05, 0) is 68.1 Å². The highest BCUT2D eigenvalue weighted by Gasteiger charge is 2.34. The van der Waals surface area contributed by atoms with E-state index < -0.39 is 0 Å². The normalized spacial score (nSPS) is 19.2. The van der Waals surface area contributed by atoms with Gasteiger partial charge in [-0.3, -0.25) is 14.3 Å². The molecule has 10 nitrogen and oxygen atoms in total. The molecule has 2 aromatic carbocycles. The summed E-state index contributed by atoms with van der Waals surface area (Å²) in [6.45, 7) is 4.96. The number of hydrogen-bond acceptors (Lipinski definition) is 7. The van der Waals surface area contributed by atoms with Gasteiger partial charge in [0.1, 0.15) is 5.75 Å². The zero-order chi connectivity index (χ0) is 29.4. The Balaban J connectivity index is 1.27. The Bertz CT molecular complexity index is 1660. The Morgan fingerprint density at radius 1 is 1.10 bits per heavy atom. The molecule has 1 fully saturated rings. The van der Waals surface area contributed by atoms with Crippen LogP contribution in [0.15, 0.2) is 48.5 Å². The van der Waals surface area contributed by atoms with Crippen molar-refractivity contribution in [1.82, 2.24) is 25.0 Å². The molecule has 2 aromatic heterocycles. The number of benzene rings is 2. The van der Waals surface area contributed by atoms with Gasteiger partial charge >= 0.3 is 0 Å². The molecule has 10 heteroatoms. The van der Waals surface area contributed by atoms with E-state index in [4.69, 9.17) is 14.2 Å². The molecule has 0 aliphatic carbocycles. The molecule has 0 saturated carbocycles. The van der Waals surface area contributed by atoms with Crippen LogP contribution in [0, 0.1) is 13.8 Å². The number of amides is 2. The second kappa shape index (κ2) is 11.4. The van der Waals surface area contributed by atoms with E-state index in [9.17, 15) is 9.59 Å². The molecular weight excluding hydrogens is 534 g/mol. The van der Waals surface area contributed by atoms with Crippen molar-refractivity contribution >= 4 is 22.8 Å². The van der Waals surface area contributed by atoms with E-state index in [0.29, 0.717) is 61.0 Å². The van der Waals surface area contributed by atoms with Crippen molar-refractivity contribution < 1.29 is 23.8 Å². The number of pyridine rings is 1. The number of likely N-dealkylation sites (tertiary alicyclic amines) is 1. The lowest BCUT2D eigenvalue weighted by Gasteiger charge is -2.39. The average Bonchev–Trinajstić information content (AvgIpc) is 3.26. The lowest BCUT2D eigenvalue weighted by Crippen LogP contribution is -2.57. The predicted octanol–water partition coefficient (Wildman–Crippen LogP) is 4.25. The minimum atomic E-state index is -0.361. The summed E-state index contributed by atoms with van der Waals surface area (Å²) in [7, 11) is 3.44. The van der Waals surface area contributed by atoms with Crippen molar-refractivity contribution in [2.45, 2.75) is 51.9 Å². The van der Waals surface area contributed by atoms with Crippen LogP contribution in [0.25, 0.3) is 11.0 Å². The van der Waals surface area contributed by atoms with Crippen molar-refractivity contribution in [3.8, 4) is 17.2 Å². The number of methoxy groups -OCH3 is 1. The van der Waals surface area contributed by atoms with Crippen LogP contribution in [0.3, 0.4) is 0 Å². The van der Waals surface area contributed by atoms with Gasteiger partial charge in [0.15, 0.2) is 17.1 Å². The maximum Gasteiger partial charge on any atom is 0.254 e. The Hall–Kier alpha value is -4.44. The van der Waals surface area contributed by atoms with Crippen molar-refractivity contribution in [3.63, 3.8) is 0 Å². The number of aromatic nitrogens is 3. The molecule has 2 aliphatic rings. The number of hydrogen-bond donors (Lipinski definition) is 1. The van der Waals surface area contributed by atoms with E-state index in [-0.39, 0.29) is 30.4 Å². The number of nitrogens with zero attached hydrogens (tertiary/aromatic N) is 4. The first-order valence-electron chi connectivity index (χ1n) is 14.2. The summed E-state index contributed by atoms with van der Waals surface area (Å²) >= 11 is 0. The number of carbonyl (C=O) groups is 2. The topological polar surface area (TPSA) is 108 Å². The van der Waals surface area contributed by atoms with Crippen molar-refractivity contribution in [2.24, 2.45) is 7.05 Å². The lowest BCUT2D eigenvalue weighted by atomic mass is 9.99. The van der Waals surface area contributed by atoms with Gasteiger partial charge in [0.2, 0.25) is 5.91 Å². The second-order valence-corrected chi connectivity index (χ2v) is 11.0. The third-order valence-electron chi connectivity index (χ3n) is 7.97. The molecule has 1 saturated heterocycles. The molecule has 1 N–H and O–H groups in total. The van der Waals surface area contributed by atoms with Crippen molar-refractivity contribution in [2.75, 3.05) is 20.2 Å². The van der Waals surface area contributed by atoms with Crippen LogP contribution in [0.5, 0.6) is 17.2 Å². The molecule has 4 bridgehead atoms. The van der Waals surface area contributed by atoms with Gasteiger partial charge in [0.05, 0.1) is 42.5 Å². The molecule has 6 rings (SSSR count). The van der Waals surface area contributed by atoms with E-state index in [1.165, 1.54) is 0 Å². The zero-order valence-electron chi connectivity index (χ0n) is 24.3. The SMILES string of the molecule is COc1ccc2cc1Oc1cccc(c1)CO[C@@H]1CCN(C(=O)c3cc(C)nc4c3c(C)nn4C)C[C@@H]1NC(=O)CC2. The van der Waals surface area contributed by atoms with Crippen LogP contribution in [0.1, 0.15) is 45.7 Å². The van der Waals surface area contributed by atoms with Gasteiger partial charge in [-0.25, -0.2) is 4.98 Å². The molecule has 2 amide bonds. The molecule has 2 aliphatic heterocycles. The minimum Gasteiger partial charge on any atom is -0.493 e. The van der Waals surface area contributed by atoms with Crippen LogP contribution < -0.4 is 14.8 Å². The Morgan fingerprint density at radius 2 is 1.95 bits per heavy atom. The van der Waals surface area contributed by atoms with Gasteiger partial charge in [0.25, 0.3) is 5.91 Å². The molecule has 2 atom stereocenters. The zero-order valence-corrected chi connectivity index (χ0v) is 24.3. The van der Waals surface area contributed by atoms with E-state index in [0.717, 1.165) is 27.9 Å². The van der Waals surface area contributed by atoms with E-state index in [1.54, 1.807) is 11.8 Å². The first kappa shape index (κ1) is 27.7. The van der Waals surface area contributed by atoms with E-state index in [2.05, 4.69) is 15.4 Å². The quantitative estimate of drug-likeness (QED) is 0.385. The van der Waals surface area contributed by atoms with Gasteiger partial charge in [-0.1, -0.05) is 18.2 Å². The standard InChI is InChI=1S/C32H35N5O5/c1-19-14-24(30-20(2)35-36(3)31(30)33-19)32(39)37-13-12-26-25(17-37)34-29(38)11-9-21-8-10-27(40-4)28(16-21)42-23-7-5-6-22(15-23)18-41-26/h5-8,10,14-16,25-26H,9,11-13,17-18H2,1-4H3,(H,34,38)/t25-,26+/m0/s1. The number of aryl methyl sites for hydroxylation is 4. The first-order chi connectivity index (χ1) is 20.3. The number of carbonyl (C=O) groups excluding carboxylic acids is 2. The van der Waals surface area contributed by atoms with Crippen LogP contribution in [-0.2, 0) is 29.6 Å². The molecule has 42 heavy (non-hydrogen) atoms. The lowest BCUT2D eigenvalue weighted by molar-refractivity contribution is -0.124. The summed E-state index contributed by atoms with van der Waals surface area (Å²) < 4.78 is 19.8. The van der Waals surface area contributed by atoms with Crippen LogP contribution >= 0.6 is 0 Å². The van der Waals surface area contributed by atoms with Crippen LogP contribution in [0.2, 0.25) is 0 Å². The number of rotatable bonds is 2. The third kappa shape index (κ3) is 5.54. The Kier molecular flexibility index (Phi) is 7.55. The highest BCUT2D eigenvalue weighted by Crippen LogP contribution is 2.33. The molecule has 0 radical (unpaired) electrons. The highest BCUT2D eigenvalue weighted by atomic mass is 16.5. The van der Waals surface area contributed by atoms with E-state index >= 15 is 0 Å². The molecule has 0 spiro atoms. The van der Waals surface area contributed by atoms with Crippen LogP contribution in [0.4, 0.5) is 0 Å². The summed E-state index contributed by atoms with van der Waals surface area (Å²) in [5.41, 5.74) is 4.69. The fraction of sp³-hybridized carbons (Fsp3) is 0.375. The second-order valence-electron chi connectivity index (χ2n) is 11.0. The number of ether oxygens (including phenoxy) is 3. The van der Waals surface area contributed by atoms with E-state index in [1.807, 2.05) is 74.3 Å². The summed E-state index contributed by atoms with van der Waals surface area (Å²) in [6, 6.07) is 14.9. The Labute approximate surface area is 244 Å². The fourth-order valence-corrected chi connectivity index (χ4v) is 5.88. The maximum absolute atomic E-state index is 13.9. The fourth-order valence-electron chi connectivity index (χ4n) is 5.88. The first-order valence-corrected chi connectivity index (χ1v) is 14.2. The number of nitrogens with one attached hydrogen (secondary N) is 1. The number of piperidine rings is 1. The van der Waals surface area contributed by atoms with Gasteiger partial charge in [-0.2, -0.15) is 5.10 Å². The van der Waals surface area contributed by atoms with Crippen LogP contribution in [-0.4, -0.2) is 63.8 Å². The van der Waals surface area contributed by atoms with Crippen molar-refractivity contribution in [1.29, 1.82) is 0 Å². The summed E-state index contributed by atoms with van der Waals surface area (Å²) in [6.07, 6.45) is 1.15. The number of fused-ring (bicyclic) bond motifs is 6. The molecule has 4 heterocycles. The largest absolute Gasteiger partial charge is 0.493 e. The highest BCUT2D eigenvalue weighted by molar-refractivity contribution is 6.06. The molecule has 4 aromatic rings. The molecular formula is C32H35N5O5. The molecule has 218 valence electrons. The average molecular weight is 570 g/mol. The van der Waals surface area contributed by atoms with Gasteiger partial charge < -0.3 is 24.4 Å². The minimum absolute atomic E-state index is 0.0955. The van der Waals surface area contributed by atoms with Crippen molar-refractivity contribution in [3.05, 3.63) is 76.6 Å². The van der Waals surface area contributed by atoms with Gasteiger partial charge in [-0.15, -0.1) is 0 Å². The summed E-state index contributed by atoms with van der Waals surface area (Å²) in [4.78, 5) is 33.6. The monoisotopic (exact) mass is 569 g/mol. The van der Waals surface area contributed by atoms with Gasteiger partial charge in [0, 0.05) is 32.3 Å². The predicted molar refractivity (Wildman–Crippen MR) is 157 cm³/mol.